The van der Waals surface area contributed by atoms with Crippen LogP contribution in [0.4, 0.5) is 5.82 Å². The second-order valence-corrected chi connectivity index (χ2v) is 5.11. The van der Waals surface area contributed by atoms with Gasteiger partial charge in [-0.1, -0.05) is 13.8 Å². The summed E-state index contributed by atoms with van der Waals surface area (Å²) in [5.41, 5.74) is 1.28. The van der Waals surface area contributed by atoms with Gasteiger partial charge < -0.3 is 5.32 Å². The van der Waals surface area contributed by atoms with Gasteiger partial charge in [0.05, 0.1) is 0 Å². The average molecular weight is 217 g/mol. The standard InChI is InChI=1S/C11H15N5/c1-11(2)5-8(11)6-13-9-10-15-14-7-16(10)4-3-12-9/h3-4,7-8H,5-6H2,1-2H3,(H,12,13). The SMILES string of the molecule is CC1(C)CC1CNc1nccn2cnnc12. The first-order valence-electron chi connectivity index (χ1n) is 5.55. The fourth-order valence-electron chi connectivity index (χ4n) is 2.03. The third kappa shape index (κ3) is 1.52. The third-order valence-corrected chi connectivity index (χ3v) is 3.45. The summed E-state index contributed by atoms with van der Waals surface area (Å²) in [4.78, 5) is 4.29. The van der Waals surface area contributed by atoms with Crippen LogP contribution in [0.25, 0.3) is 5.65 Å². The van der Waals surface area contributed by atoms with Gasteiger partial charge >= 0.3 is 0 Å². The predicted molar refractivity (Wildman–Crippen MR) is 61.2 cm³/mol. The van der Waals surface area contributed by atoms with Crippen LogP contribution in [0, 0.1) is 11.3 Å². The van der Waals surface area contributed by atoms with Crippen molar-refractivity contribution in [3.8, 4) is 0 Å². The van der Waals surface area contributed by atoms with Crippen molar-refractivity contribution in [1.82, 2.24) is 19.6 Å². The van der Waals surface area contributed by atoms with E-state index in [2.05, 4.69) is 34.3 Å². The van der Waals surface area contributed by atoms with Gasteiger partial charge in [0.1, 0.15) is 6.33 Å². The number of fused-ring (bicyclic) bond motifs is 1. The van der Waals surface area contributed by atoms with E-state index in [1.54, 1.807) is 12.5 Å². The molecule has 2 aromatic heterocycles. The molecule has 1 N–H and O–H groups in total. The molecular weight excluding hydrogens is 202 g/mol. The molecule has 1 aliphatic rings. The molecule has 0 aliphatic heterocycles. The summed E-state index contributed by atoms with van der Waals surface area (Å²) in [6.07, 6.45) is 6.58. The van der Waals surface area contributed by atoms with Crippen molar-refractivity contribution in [1.29, 1.82) is 0 Å². The average Bonchev–Trinajstić information content (AvgIpc) is 2.68. The molecule has 5 nitrogen and oxygen atoms in total. The molecular formula is C11H15N5. The zero-order chi connectivity index (χ0) is 11.2. The molecule has 1 saturated carbocycles. The van der Waals surface area contributed by atoms with Crippen molar-refractivity contribution in [2.45, 2.75) is 20.3 Å². The van der Waals surface area contributed by atoms with Crippen LogP contribution in [-0.4, -0.2) is 26.1 Å². The molecule has 1 unspecified atom stereocenters. The van der Waals surface area contributed by atoms with Crippen molar-refractivity contribution in [3.05, 3.63) is 18.7 Å². The minimum absolute atomic E-state index is 0.492. The Labute approximate surface area is 93.9 Å². The Morgan fingerprint density at radius 3 is 3.12 bits per heavy atom. The second-order valence-electron chi connectivity index (χ2n) is 5.11. The van der Waals surface area contributed by atoms with Crippen molar-refractivity contribution < 1.29 is 0 Å². The summed E-state index contributed by atoms with van der Waals surface area (Å²) in [7, 11) is 0. The number of aromatic nitrogens is 4. The fourth-order valence-corrected chi connectivity index (χ4v) is 2.03. The number of nitrogens with zero attached hydrogens (tertiary/aromatic N) is 4. The van der Waals surface area contributed by atoms with E-state index in [9.17, 15) is 0 Å². The summed E-state index contributed by atoms with van der Waals surface area (Å²) < 4.78 is 1.87. The molecule has 1 aliphatic carbocycles. The molecule has 0 radical (unpaired) electrons. The van der Waals surface area contributed by atoms with E-state index in [1.807, 2.05) is 10.6 Å². The van der Waals surface area contributed by atoms with E-state index < -0.39 is 0 Å². The molecule has 5 heteroatoms. The molecule has 0 aromatic carbocycles. The number of hydrogen-bond donors (Lipinski definition) is 1. The molecule has 1 fully saturated rings. The van der Waals surface area contributed by atoms with Crippen LogP contribution in [0.3, 0.4) is 0 Å². The van der Waals surface area contributed by atoms with Crippen LogP contribution < -0.4 is 5.32 Å². The maximum Gasteiger partial charge on any atom is 0.203 e. The number of nitrogens with one attached hydrogen (secondary N) is 1. The van der Waals surface area contributed by atoms with Gasteiger partial charge in [-0.3, -0.25) is 4.40 Å². The largest absolute Gasteiger partial charge is 0.367 e. The van der Waals surface area contributed by atoms with E-state index in [1.165, 1.54) is 6.42 Å². The van der Waals surface area contributed by atoms with Crippen molar-refractivity contribution in [3.63, 3.8) is 0 Å². The highest BCUT2D eigenvalue weighted by molar-refractivity contribution is 5.61. The molecule has 2 heterocycles. The van der Waals surface area contributed by atoms with E-state index in [0.717, 1.165) is 23.9 Å². The molecule has 16 heavy (non-hydrogen) atoms. The Balaban J connectivity index is 1.77. The molecule has 0 saturated heterocycles. The first-order chi connectivity index (χ1) is 7.67. The lowest BCUT2D eigenvalue weighted by Crippen LogP contribution is -2.09. The predicted octanol–water partition coefficient (Wildman–Crippen LogP) is 1.58. The lowest BCUT2D eigenvalue weighted by atomic mass is 10.1. The Kier molecular flexibility index (Phi) is 1.89. The minimum atomic E-state index is 0.492. The van der Waals surface area contributed by atoms with Gasteiger partial charge in [0.25, 0.3) is 0 Å². The molecule has 1 atom stereocenters. The first-order valence-corrected chi connectivity index (χ1v) is 5.55. The first kappa shape index (κ1) is 9.57. The number of anilines is 1. The van der Waals surface area contributed by atoms with Gasteiger partial charge in [0.15, 0.2) is 5.82 Å². The highest BCUT2D eigenvalue weighted by Crippen LogP contribution is 2.51. The molecule has 0 amide bonds. The van der Waals surface area contributed by atoms with Crippen LogP contribution >= 0.6 is 0 Å². The maximum absolute atomic E-state index is 4.29. The maximum atomic E-state index is 4.29. The molecule has 84 valence electrons. The van der Waals surface area contributed by atoms with Gasteiger partial charge in [-0.25, -0.2) is 4.98 Å². The zero-order valence-electron chi connectivity index (χ0n) is 9.51. The van der Waals surface area contributed by atoms with Crippen molar-refractivity contribution in [2.24, 2.45) is 11.3 Å². The Bertz CT molecular complexity index is 516. The topological polar surface area (TPSA) is 55.1 Å². The molecule has 2 aromatic rings. The lowest BCUT2D eigenvalue weighted by molar-refractivity contribution is 0.573. The minimum Gasteiger partial charge on any atom is -0.367 e. The number of rotatable bonds is 3. The van der Waals surface area contributed by atoms with Crippen molar-refractivity contribution in [2.75, 3.05) is 11.9 Å². The van der Waals surface area contributed by atoms with E-state index in [-0.39, 0.29) is 0 Å². The summed E-state index contributed by atoms with van der Waals surface area (Å²) >= 11 is 0. The van der Waals surface area contributed by atoms with E-state index in [4.69, 9.17) is 0 Å². The monoisotopic (exact) mass is 217 g/mol. The fraction of sp³-hybridized carbons (Fsp3) is 0.545. The number of hydrogen-bond acceptors (Lipinski definition) is 4. The Morgan fingerprint density at radius 2 is 2.38 bits per heavy atom. The Morgan fingerprint density at radius 1 is 1.56 bits per heavy atom. The van der Waals surface area contributed by atoms with E-state index >= 15 is 0 Å². The quantitative estimate of drug-likeness (QED) is 0.848. The zero-order valence-corrected chi connectivity index (χ0v) is 9.51. The highest BCUT2D eigenvalue weighted by atomic mass is 15.2. The Hall–Kier alpha value is -1.65. The molecule has 0 spiro atoms. The summed E-state index contributed by atoms with van der Waals surface area (Å²) in [5, 5.41) is 11.3. The smallest absolute Gasteiger partial charge is 0.203 e. The molecule has 0 bridgehead atoms. The van der Waals surface area contributed by atoms with Gasteiger partial charge in [-0.05, 0) is 17.8 Å². The highest BCUT2D eigenvalue weighted by Gasteiger charge is 2.45. The normalized spacial score (nSPS) is 22.2. The van der Waals surface area contributed by atoms with Crippen LogP contribution in [0.1, 0.15) is 20.3 Å². The van der Waals surface area contributed by atoms with Crippen molar-refractivity contribution >= 4 is 11.5 Å². The summed E-state index contributed by atoms with van der Waals surface area (Å²) in [5.74, 6) is 1.57. The van der Waals surface area contributed by atoms with Crippen LogP contribution in [-0.2, 0) is 0 Å². The van der Waals surface area contributed by atoms with Gasteiger partial charge in [0, 0.05) is 18.9 Å². The van der Waals surface area contributed by atoms with Crippen LogP contribution in [0.15, 0.2) is 18.7 Å². The summed E-state index contributed by atoms with van der Waals surface area (Å²) in [6.45, 7) is 5.56. The summed E-state index contributed by atoms with van der Waals surface area (Å²) in [6, 6.07) is 0. The second kappa shape index (κ2) is 3.17. The van der Waals surface area contributed by atoms with Gasteiger partial charge in [-0.15, -0.1) is 10.2 Å². The molecule has 3 rings (SSSR count). The third-order valence-electron chi connectivity index (χ3n) is 3.45. The van der Waals surface area contributed by atoms with Crippen LogP contribution in [0.2, 0.25) is 0 Å². The van der Waals surface area contributed by atoms with Crippen LogP contribution in [0.5, 0.6) is 0 Å². The van der Waals surface area contributed by atoms with Gasteiger partial charge in [-0.2, -0.15) is 0 Å². The lowest BCUT2D eigenvalue weighted by Gasteiger charge is -2.07. The van der Waals surface area contributed by atoms with E-state index in [0.29, 0.717) is 5.41 Å². The van der Waals surface area contributed by atoms with Gasteiger partial charge in [0.2, 0.25) is 5.65 Å².